The van der Waals surface area contributed by atoms with Crippen LogP contribution in [0.4, 0.5) is 14.5 Å². The lowest BCUT2D eigenvalue weighted by Gasteiger charge is -2.20. The van der Waals surface area contributed by atoms with Crippen molar-refractivity contribution < 1.29 is 8.78 Å². The Labute approximate surface area is 123 Å². The van der Waals surface area contributed by atoms with Crippen LogP contribution in [0, 0.1) is 11.6 Å². The van der Waals surface area contributed by atoms with Crippen LogP contribution in [0.1, 0.15) is 29.7 Å². The molecule has 1 atom stereocenters. The van der Waals surface area contributed by atoms with Gasteiger partial charge in [0.1, 0.15) is 11.6 Å². The largest absolute Gasteiger partial charge is 0.367 e. The van der Waals surface area contributed by atoms with E-state index in [1.54, 1.807) is 0 Å². The zero-order chi connectivity index (χ0) is 15.0. The molecule has 0 bridgehead atoms. The minimum atomic E-state index is -0.531. The third-order valence-electron chi connectivity index (χ3n) is 3.92. The smallest absolute Gasteiger partial charge is 0.126 e. The van der Waals surface area contributed by atoms with E-state index in [1.165, 1.54) is 17.7 Å². The Hall–Kier alpha value is -1.94. The standard InChI is InChI=1S/C17H18F2N2/c1-11(20)13-2-3-17-14(8-13)4-5-21(17)10-12-6-15(18)9-16(19)7-12/h2-3,6-9,11H,4-5,10,20H2,1H3. The summed E-state index contributed by atoms with van der Waals surface area (Å²) in [5.41, 5.74) is 10.1. The Morgan fingerprint density at radius 3 is 2.52 bits per heavy atom. The molecule has 2 aromatic carbocycles. The number of rotatable bonds is 3. The van der Waals surface area contributed by atoms with E-state index in [0.717, 1.165) is 30.3 Å². The summed E-state index contributed by atoms with van der Waals surface area (Å²) in [6, 6.07) is 9.89. The van der Waals surface area contributed by atoms with Crippen molar-refractivity contribution >= 4 is 5.69 Å². The van der Waals surface area contributed by atoms with Crippen molar-refractivity contribution in [2.75, 3.05) is 11.4 Å². The molecule has 1 unspecified atom stereocenters. The van der Waals surface area contributed by atoms with Gasteiger partial charge in [0.05, 0.1) is 0 Å². The summed E-state index contributed by atoms with van der Waals surface area (Å²) >= 11 is 0. The van der Waals surface area contributed by atoms with Gasteiger partial charge in [-0.05, 0) is 48.2 Å². The number of hydrogen-bond donors (Lipinski definition) is 1. The van der Waals surface area contributed by atoms with Crippen LogP contribution in [0.25, 0.3) is 0 Å². The molecule has 1 aliphatic rings. The van der Waals surface area contributed by atoms with Crippen LogP contribution in [0.5, 0.6) is 0 Å². The molecule has 2 nitrogen and oxygen atoms in total. The summed E-state index contributed by atoms with van der Waals surface area (Å²) < 4.78 is 26.5. The number of benzene rings is 2. The number of halogens is 2. The SMILES string of the molecule is CC(N)c1ccc2c(c1)CCN2Cc1cc(F)cc(F)c1. The maximum absolute atomic E-state index is 13.3. The average molecular weight is 288 g/mol. The maximum Gasteiger partial charge on any atom is 0.126 e. The molecule has 4 heteroatoms. The predicted molar refractivity (Wildman–Crippen MR) is 80.2 cm³/mol. The second-order valence-electron chi connectivity index (χ2n) is 5.63. The molecule has 1 aliphatic heterocycles. The maximum atomic E-state index is 13.3. The molecule has 0 aliphatic carbocycles. The number of hydrogen-bond acceptors (Lipinski definition) is 2. The number of nitrogens with zero attached hydrogens (tertiary/aromatic N) is 1. The first kappa shape index (κ1) is 14.0. The average Bonchev–Trinajstić information content (AvgIpc) is 2.80. The first-order valence-electron chi connectivity index (χ1n) is 7.11. The number of fused-ring (bicyclic) bond motifs is 1. The van der Waals surface area contributed by atoms with E-state index < -0.39 is 11.6 Å². The highest BCUT2D eigenvalue weighted by Crippen LogP contribution is 2.31. The topological polar surface area (TPSA) is 29.3 Å². The zero-order valence-corrected chi connectivity index (χ0v) is 11.9. The van der Waals surface area contributed by atoms with Gasteiger partial charge in [0.2, 0.25) is 0 Å². The van der Waals surface area contributed by atoms with Gasteiger partial charge < -0.3 is 10.6 Å². The third kappa shape index (κ3) is 2.90. The van der Waals surface area contributed by atoms with Crippen molar-refractivity contribution in [3.05, 3.63) is 64.7 Å². The second kappa shape index (κ2) is 5.45. The molecule has 0 aromatic heterocycles. The van der Waals surface area contributed by atoms with Crippen molar-refractivity contribution in [3.63, 3.8) is 0 Å². The van der Waals surface area contributed by atoms with Crippen LogP contribution in [-0.2, 0) is 13.0 Å². The minimum absolute atomic E-state index is 0.0154. The lowest BCUT2D eigenvalue weighted by atomic mass is 10.0. The first-order valence-corrected chi connectivity index (χ1v) is 7.11. The Kier molecular flexibility index (Phi) is 3.64. The van der Waals surface area contributed by atoms with Gasteiger partial charge in [0.25, 0.3) is 0 Å². The molecule has 2 N–H and O–H groups in total. The van der Waals surface area contributed by atoms with Gasteiger partial charge in [0.15, 0.2) is 0 Å². The van der Waals surface area contributed by atoms with Crippen LogP contribution in [0.15, 0.2) is 36.4 Å². The lowest BCUT2D eigenvalue weighted by molar-refractivity contribution is 0.579. The van der Waals surface area contributed by atoms with Crippen LogP contribution in [-0.4, -0.2) is 6.54 Å². The van der Waals surface area contributed by atoms with Gasteiger partial charge in [-0.15, -0.1) is 0 Å². The molecular formula is C17H18F2N2. The summed E-state index contributed by atoms with van der Waals surface area (Å²) in [4.78, 5) is 2.15. The molecular weight excluding hydrogens is 270 g/mol. The Morgan fingerprint density at radius 2 is 1.86 bits per heavy atom. The van der Waals surface area contributed by atoms with Crippen LogP contribution >= 0.6 is 0 Å². The van der Waals surface area contributed by atoms with Gasteiger partial charge in [-0.2, -0.15) is 0 Å². The molecule has 3 rings (SSSR count). The van der Waals surface area contributed by atoms with E-state index in [4.69, 9.17) is 5.73 Å². The fourth-order valence-electron chi connectivity index (χ4n) is 2.86. The van der Waals surface area contributed by atoms with Crippen molar-refractivity contribution in [2.24, 2.45) is 5.73 Å². The summed E-state index contributed by atoms with van der Waals surface area (Å²) in [6.45, 7) is 3.33. The summed E-state index contributed by atoms with van der Waals surface area (Å²) in [5.74, 6) is -1.06. The Morgan fingerprint density at radius 1 is 1.14 bits per heavy atom. The molecule has 110 valence electrons. The number of nitrogens with two attached hydrogens (primary N) is 1. The van der Waals surface area contributed by atoms with Crippen molar-refractivity contribution in [2.45, 2.75) is 25.9 Å². The van der Waals surface area contributed by atoms with Crippen molar-refractivity contribution in [1.82, 2.24) is 0 Å². The fourth-order valence-corrected chi connectivity index (χ4v) is 2.86. The molecule has 0 saturated carbocycles. The molecule has 0 fully saturated rings. The van der Waals surface area contributed by atoms with E-state index in [-0.39, 0.29) is 6.04 Å². The molecule has 0 radical (unpaired) electrons. The normalized spacial score (nSPS) is 15.1. The van der Waals surface area contributed by atoms with Gasteiger partial charge in [0, 0.05) is 30.9 Å². The third-order valence-corrected chi connectivity index (χ3v) is 3.92. The molecule has 0 spiro atoms. The highest BCUT2D eigenvalue weighted by Gasteiger charge is 2.20. The van der Waals surface area contributed by atoms with E-state index >= 15 is 0 Å². The lowest BCUT2D eigenvalue weighted by Crippen LogP contribution is -2.19. The highest BCUT2D eigenvalue weighted by molar-refractivity contribution is 5.59. The Balaban J connectivity index is 1.84. The summed E-state index contributed by atoms with van der Waals surface area (Å²) in [5, 5.41) is 0. The van der Waals surface area contributed by atoms with E-state index in [1.807, 2.05) is 13.0 Å². The minimum Gasteiger partial charge on any atom is -0.367 e. The summed E-state index contributed by atoms with van der Waals surface area (Å²) in [6.07, 6.45) is 0.938. The Bertz CT molecular complexity index is 648. The molecule has 1 heterocycles. The van der Waals surface area contributed by atoms with Crippen LogP contribution < -0.4 is 10.6 Å². The quantitative estimate of drug-likeness (QED) is 0.936. The first-order chi connectivity index (χ1) is 10.0. The molecule has 0 amide bonds. The molecule has 0 saturated heterocycles. The van der Waals surface area contributed by atoms with Gasteiger partial charge >= 0.3 is 0 Å². The van der Waals surface area contributed by atoms with E-state index in [2.05, 4.69) is 17.0 Å². The van der Waals surface area contributed by atoms with Gasteiger partial charge in [-0.1, -0.05) is 12.1 Å². The van der Waals surface area contributed by atoms with E-state index in [0.29, 0.717) is 12.1 Å². The monoisotopic (exact) mass is 288 g/mol. The van der Waals surface area contributed by atoms with Crippen molar-refractivity contribution in [3.8, 4) is 0 Å². The highest BCUT2D eigenvalue weighted by atomic mass is 19.1. The van der Waals surface area contributed by atoms with Crippen LogP contribution in [0.3, 0.4) is 0 Å². The van der Waals surface area contributed by atoms with Crippen molar-refractivity contribution in [1.29, 1.82) is 0 Å². The second-order valence-corrected chi connectivity index (χ2v) is 5.63. The van der Waals surface area contributed by atoms with Gasteiger partial charge in [-0.3, -0.25) is 0 Å². The van der Waals surface area contributed by atoms with Crippen LogP contribution in [0.2, 0.25) is 0 Å². The molecule has 2 aromatic rings. The summed E-state index contributed by atoms with van der Waals surface area (Å²) in [7, 11) is 0. The molecule has 21 heavy (non-hydrogen) atoms. The van der Waals surface area contributed by atoms with Gasteiger partial charge in [-0.25, -0.2) is 8.78 Å². The number of anilines is 1. The van der Waals surface area contributed by atoms with E-state index in [9.17, 15) is 8.78 Å². The predicted octanol–water partition coefficient (Wildman–Crippen LogP) is 3.55. The zero-order valence-electron chi connectivity index (χ0n) is 11.9. The fraction of sp³-hybridized carbons (Fsp3) is 0.294.